The van der Waals surface area contributed by atoms with Crippen LogP contribution in [0.2, 0.25) is 0 Å². The zero-order valence-electron chi connectivity index (χ0n) is 21.8. The average Bonchev–Trinajstić information content (AvgIpc) is 2.99. The molecule has 0 aliphatic carbocycles. The molecule has 0 saturated carbocycles. The zero-order valence-corrected chi connectivity index (χ0v) is 21.8. The molecule has 1 aromatic carbocycles. The summed E-state index contributed by atoms with van der Waals surface area (Å²) < 4.78 is 14.5. The number of anilines is 1. The first-order chi connectivity index (χ1) is 19.3. The smallest absolute Gasteiger partial charge is 0.200 e. The van der Waals surface area contributed by atoms with Gasteiger partial charge in [0, 0.05) is 63.4 Å². The minimum absolute atomic E-state index is 0.00785. The summed E-state index contributed by atoms with van der Waals surface area (Å²) in [5.41, 5.74) is 1.09. The molecule has 3 aromatic heterocycles. The monoisotopic (exact) mass is 539 g/mol. The number of halogens is 1. The summed E-state index contributed by atoms with van der Waals surface area (Å²) in [4.78, 5) is 68.0. The van der Waals surface area contributed by atoms with Crippen LogP contribution in [0.4, 0.5) is 10.2 Å². The number of pyridine rings is 2. The van der Waals surface area contributed by atoms with Gasteiger partial charge in [-0.25, -0.2) is 19.3 Å². The molecule has 0 amide bonds. The number of Topliss-reactive ketones (excluding diaryl/α,β-unsaturated/α-hetero) is 4. The van der Waals surface area contributed by atoms with Crippen LogP contribution < -0.4 is 4.90 Å². The fourth-order valence-electron chi connectivity index (χ4n) is 4.02. The Labute approximate surface area is 230 Å². The second-order valence-corrected chi connectivity index (χ2v) is 8.99. The highest BCUT2D eigenvalue weighted by molar-refractivity contribution is 6.02. The van der Waals surface area contributed by atoms with Crippen molar-refractivity contribution in [3.05, 3.63) is 113 Å². The second-order valence-electron chi connectivity index (χ2n) is 8.99. The third-order valence-corrected chi connectivity index (χ3v) is 6.14. The van der Waals surface area contributed by atoms with E-state index in [1.807, 2.05) is 0 Å². The van der Waals surface area contributed by atoms with Gasteiger partial charge in [-0.1, -0.05) is 30.3 Å². The summed E-state index contributed by atoms with van der Waals surface area (Å²) in [6.07, 6.45) is 4.01. The van der Waals surface area contributed by atoms with E-state index in [0.29, 0.717) is 22.6 Å². The van der Waals surface area contributed by atoms with Gasteiger partial charge >= 0.3 is 0 Å². The number of nitrogens with zero attached hydrogens (tertiary/aromatic N) is 5. The first kappa shape index (κ1) is 28.0. The lowest BCUT2D eigenvalue weighted by Gasteiger charge is -2.20. The fraction of sp³-hybridized carbons (Fsp3) is 0.200. The average molecular weight is 540 g/mol. The lowest BCUT2D eigenvalue weighted by Crippen LogP contribution is -2.21. The molecule has 0 unspecified atom stereocenters. The number of aromatic nitrogens is 4. The standard InChI is InChI=1S/C30H26FN5O4/c1-36(19-20-7-2-3-8-21(20)24(37)11-12-25(38)23-9-4-5-16-32-23)28-15-10-22(31)29(35-28)26(39)13-14-27(40)30-33-17-6-18-34-30/h2-10,15-18H,11-14,19H2,1H3. The van der Waals surface area contributed by atoms with Crippen molar-refractivity contribution in [2.45, 2.75) is 32.2 Å². The molecule has 0 atom stereocenters. The van der Waals surface area contributed by atoms with E-state index in [0.717, 1.165) is 6.07 Å². The van der Waals surface area contributed by atoms with E-state index < -0.39 is 17.4 Å². The molecule has 9 nitrogen and oxygen atoms in total. The summed E-state index contributed by atoms with van der Waals surface area (Å²) in [7, 11) is 1.70. The van der Waals surface area contributed by atoms with Crippen molar-refractivity contribution in [1.82, 2.24) is 19.9 Å². The maximum Gasteiger partial charge on any atom is 0.200 e. The Morgan fingerprint density at radius 3 is 2.10 bits per heavy atom. The Balaban J connectivity index is 1.41. The molecule has 4 rings (SSSR count). The summed E-state index contributed by atoms with van der Waals surface area (Å²) in [5.74, 6) is -1.94. The quantitative estimate of drug-likeness (QED) is 0.222. The Morgan fingerprint density at radius 2 is 1.35 bits per heavy atom. The highest BCUT2D eigenvalue weighted by Crippen LogP contribution is 2.20. The Kier molecular flexibility index (Phi) is 9.24. The molecule has 0 bridgehead atoms. The molecular weight excluding hydrogens is 513 g/mol. The van der Waals surface area contributed by atoms with Crippen molar-refractivity contribution in [2.24, 2.45) is 0 Å². The van der Waals surface area contributed by atoms with Gasteiger partial charge in [0.2, 0.25) is 0 Å². The van der Waals surface area contributed by atoms with E-state index in [9.17, 15) is 23.6 Å². The lowest BCUT2D eigenvalue weighted by molar-refractivity contribution is 0.0907. The van der Waals surface area contributed by atoms with Crippen molar-refractivity contribution in [3.63, 3.8) is 0 Å². The maximum absolute atomic E-state index is 14.5. The van der Waals surface area contributed by atoms with Crippen molar-refractivity contribution in [1.29, 1.82) is 0 Å². The summed E-state index contributed by atoms with van der Waals surface area (Å²) in [6, 6.07) is 16.2. The Morgan fingerprint density at radius 1 is 0.700 bits per heavy atom. The molecular formula is C30H26FN5O4. The van der Waals surface area contributed by atoms with Crippen LogP contribution in [0.3, 0.4) is 0 Å². The largest absolute Gasteiger partial charge is 0.355 e. The predicted molar refractivity (Wildman–Crippen MR) is 145 cm³/mol. The maximum atomic E-state index is 14.5. The van der Waals surface area contributed by atoms with Gasteiger partial charge in [-0.15, -0.1) is 0 Å². The number of hydrogen-bond acceptors (Lipinski definition) is 9. The number of ketones is 4. The molecule has 0 fully saturated rings. The van der Waals surface area contributed by atoms with Crippen LogP contribution in [0.15, 0.2) is 79.3 Å². The van der Waals surface area contributed by atoms with Crippen molar-refractivity contribution >= 4 is 29.0 Å². The first-order valence-corrected chi connectivity index (χ1v) is 12.6. The van der Waals surface area contributed by atoms with Gasteiger partial charge in [0.05, 0.1) is 0 Å². The SMILES string of the molecule is CN(Cc1ccccc1C(=O)CCC(=O)c1ccccn1)c1ccc(F)c(C(=O)CCC(=O)c2ncccn2)n1. The molecule has 10 heteroatoms. The van der Waals surface area contributed by atoms with Gasteiger partial charge in [-0.2, -0.15) is 0 Å². The van der Waals surface area contributed by atoms with Gasteiger partial charge in [0.1, 0.15) is 17.2 Å². The highest BCUT2D eigenvalue weighted by Gasteiger charge is 2.20. The van der Waals surface area contributed by atoms with Gasteiger partial charge in [0.15, 0.2) is 34.8 Å². The second kappa shape index (κ2) is 13.2. The van der Waals surface area contributed by atoms with E-state index in [1.165, 1.54) is 24.7 Å². The van der Waals surface area contributed by atoms with Crippen LogP contribution in [0, 0.1) is 5.82 Å². The highest BCUT2D eigenvalue weighted by atomic mass is 19.1. The Hall–Kier alpha value is -4.99. The molecule has 0 saturated heterocycles. The molecule has 0 aliphatic rings. The molecule has 4 aromatic rings. The summed E-state index contributed by atoms with van der Waals surface area (Å²) in [6.45, 7) is 0.242. The van der Waals surface area contributed by atoms with Gasteiger partial charge < -0.3 is 4.90 Å². The molecule has 3 heterocycles. The van der Waals surface area contributed by atoms with E-state index >= 15 is 0 Å². The molecule has 0 aliphatic heterocycles. The predicted octanol–water partition coefficient (Wildman–Crippen LogP) is 4.73. The number of carbonyl (C=O) groups is 4. The minimum atomic E-state index is -0.793. The zero-order chi connectivity index (χ0) is 28.5. The topological polar surface area (TPSA) is 123 Å². The first-order valence-electron chi connectivity index (χ1n) is 12.6. The number of benzene rings is 1. The Bertz CT molecular complexity index is 1530. The lowest BCUT2D eigenvalue weighted by atomic mass is 9.98. The van der Waals surface area contributed by atoms with E-state index in [2.05, 4.69) is 19.9 Å². The van der Waals surface area contributed by atoms with E-state index in [-0.39, 0.29) is 55.3 Å². The number of carbonyl (C=O) groups excluding carboxylic acids is 4. The van der Waals surface area contributed by atoms with Crippen LogP contribution in [0.1, 0.15) is 73.2 Å². The van der Waals surface area contributed by atoms with E-state index in [1.54, 1.807) is 60.5 Å². The van der Waals surface area contributed by atoms with Gasteiger partial charge in [0.25, 0.3) is 0 Å². The van der Waals surface area contributed by atoms with Crippen molar-refractivity contribution in [2.75, 3.05) is 11.9 Å². The van der Waals surface area contributed by atoms with Gasteiger partial charge in [-0.3, -0.25) is 24.2 Å². The summed E-state index contributed by atoms with van der Waals surface area (Å²) in [5, 5.41) is 0. The summed E-state index contributed by atoms with van der Waals surface area (Å²) >= 11 is 0. The fourth-order valence-corrected chi connectivity index (χ4v) is 4.02. The van der Waals surface area contributed by atoms with Gasteiger partial charge in [-0.05, 0) is 35.9 Å². The molecule has 0 N–H and O–H groups in total. The van der Waals surface area contributed by atoms with Crippen LogP contribution in [-0.4, -0.2) is 50.1 Å². The number of hydrogen-bond donors (Lipinski definition) is 0. The van der Waals surface area contributed by atoms with Crippen LogP contribution in [0.25, 0.3) is 0 Å². The molecule has 40 heavy (non-hydrogen) atoms. The third-order valence-electron chi connectivity index (χ3n) is 6.14. The molecule has 0 spiro atoms. The van der Waals surface area contributed by atoms with E-state index in [4.69, 9.17) is 0 Å². The molecule has 0 radical (unpaired) electrons. The van der Waals surface area contributed by atoms with Crippen LogP contribution in [0.5, 0.6) is 0 Å². The normalized spacial score (nSPS) is 10.7. The van der Waals surface area contributed by atoms with Crippen LogP contribution >= 0.6 is 0 Å². The molecule has 202 valence electrons. The third kappa shape index (κ3) is 7.10. The minimum Gasteiger partial charge on any atom is -0.355 e. The van der Waals surface area contributed by atoms with Crippen LogP contribution in [-0.2, 0) is 6.54 Å². The van der Waals surface area contributed by atoms with Crippen molar-refractivity contribution < 1.29 is 23.6 Å². The van der Waals surface area contributed by atoms with Crippen molar-refractivity contribution in [3.8, 4) is 0 Å². The number of rotatable bonds is 13.